The second kappa shape index (κ2) is 4.99. The van der Waals surface area contributed by atoms with E-state index >= 15 is 0 Å². The Bertz CT molecular complexity index is 634. The van der Waals surface area contributed by atoms with Gasteiger partial charge in [-0.1, -0.05) is 0 Å². The van der Waals surface area contributed by atoms with Crippen LogP contribution in [0, 0.1) is 11.8 Å². The summed E-state index contributed by atoms with van der Waals surface area (Å²) >= 11 is 9.47. The predicted molar refractivity (Wildman–Crippen MR) is 84.1 cm³/mol. The van der Waals surface area contributed by atoms with Crippen molar-refractivity contribution in [2.45, 2.75) is 38.1 Å². The molecule has 0 N–H and O–H groups in total. The van der Waals surface area contributed by atoms with Crippen molar-refractivity contribution in [3.63, 3.8) is 0 Å². The van der Waals surface area contributed by atoms with Crippen molar-refractivity contribution in [3.05, 3.63) is 22.6 Å². The number of hydrogen-bond acceptors (Lipinski definition) is 2. The number of halogens is 2. The Morgan fingerprint density at radius 1 is 1.30 bits per heavy atom. The molecule has 0 aromatic carbocycles. The SMILES string of the molecule is ClCCc1nc2cc(Br)cnc2n1C(C1CC1)C1CC1. The summed E-state index contributed by atoms with van der Waals surface area (Å²) in [7, 11) is 0. The van der Waals surface area contributed by atoms with Gasteiger partial charge in [-0.2, -0.15) is 0 Å². The van der Waals surface area contributed by atoms with E-state index in [4.69, 9.17) is 16.6 Å². The highest BCUT2D eigenvalue weighted by atomic mass is 79.9. The van der Waals surface area contributed by atoms with Gasteiger partial charge >= 0.3 is 0 Å². The van der Waals surface area contributed by atoms with E-state index in [2.05, 4.69) is 31.5 Å². The minimum absolute atomic E-state index is 0.604. The van der Waals surface area contributed by atoms with Gasteiger partial charge in [0.2, 0.25) is 0 Å². The molecule has 3 nitrogen and oxygen atoms in total. The molecule has 2 aliphatic rings. The zero-order valence-corrected chi connectivity index (χ0v) is 13.6. The van der Waals surface area contributed by atoms with E-state index < -0.39 is 0 Å². The Balaban J connectivity index is 1.87. The summed E-state index contributed by atoms with van der Waals surface area (Å²) in [6.45, 7) is 0. The molecule has 0 amide bonds. The Hall–Kier alpha value is -0.610. The quantitative estimate of drug-likeness (QED) is 0.748. The van der Waals surface area contributed by atoms with Gasteiger partial charge in [-0.3, -0.25) is 0 Å². The molecule has 2 fully saturated rings. The van der Waals surface area contributed by atoms with Crippen molar-refractivity contribution < 1.29 is 0 Å². The molecule has 2 heterocycles. The van der Waals surface area contributed by atoms with Crippen LogP contribution in [-0.4, -0.2) is 20.4 Å². The molecule has 2 aromatic rings. The molecule has 20 heavy (non-hydrogen) atoms. The van der Waals surface area contributed by atoms with E-state index in [1.807, 2.05) is 6.20 Å². The number of nitrogens with zero attached hydrogens (tertiary/aromatic N) is 3. The number of alkyl halides is 1. The van der Waals surface area contributed by atoms with Crippen LogP contribution in [0.5, 0.6) is 0 Å². The van der Waals surface area contributed by atoms with Crippen molar-refractivity contribution in [2.75, 3.05) is 5.88 Å². The molecule has 4 rings (SSSR count). The third-order valence-corrected chi connectivity index (χ3v) is 5.02. The highest BCUT2D eigenvalue weighted by Crippen LogP contribution is 2.53. The maximum Gasteiger partial charge on any atom is 0.160 e. The van der Waals surface area contributed by atoms with Gasteiger partial charge in [-0.25, -0.2) is 9.97 Å². The normalized spacial score (nSPS) is 19.1. The van der Waals surface area contributed by atoms with Crippen molar-refractivity contribution in [3.8, 4) is 0 Å². The van der Waals surface area contributed by atoms with Crippen LogP contribution in [0.15, 0.2) is 16.7 Å². The van der Waals surface area contributed by atoms with Crippen LogP contribution in [-0.2, 0) is 6.42 Å². The van der Waals surface area contributed by atoms with Gasteiger partial charge in [0.15, 0.2) is 5.65 Å². The minimum Gasteiger partial charge on any atom is -0.309 e. The third-order valence-electron chi connectivity index (χ3n) is 4.40. The standard InChI is InChI=1S/C15H17BrClN3/c16-11-7-12-15(18-8-11)20(13(19-12)5-6-17)14(9-1-2-9)10-3-4-10/h7-10,14H,1-6H2. The first-order chi connectivity index (χ1) is 9.78. The number of aromatic nitrogens is 3. The minimum atomic E-state index is 0.604. The second-order valence-electron chi connectivity index (χ2n) is 6.00. The number of imidazole rings is 1. The summed E-state index contributed by atoms with van der Waals surface area (Å²) < 4.78 is 3.40. The number of hydrogen-bond donors (Lipinski definition) is 0. The molecule has 0 spiro atoms. The summed E-state index contributed by atoms with van der Waals surface area (Å²) in [5.41, 5.74) is 2.03. The van der Waals surface area contributed by atoms with Gasteiger partial charge in [0.25, 0.3) is 0 Å². The Labute approximate surface area is 131 Å². The van der Waals surface area contributed by atoms with Crippen LogP contribution in [0.4, 0.5) is 0 Å². The first-order valence-corrected chi connectivity index (χ1v) is 8.69. The summed E-state index contributed by atoms with van der Waals surface area (Å²) in [6.07, 6.45) is 8.14. The molecule has 2 aromatic heterocycles. The first kappa shape index (κ1) is 13.1. The van der Waals surface area contributed by atoms with Crippen LogP contribution >= 0.6 is 27.5 Å². The molecule has 106 valence electrons. The molecular formula is C15H17BrClN3. The van der Waals surface area contributed by atoms with E-state index in [0.29, 0.717) is 11.9 Å². The van der Waals surface area contributed by atoms with Crippen molar-refractivity contribution in [1.29, 1.82) is 0 Å². The summed E-state index contributed by atoms with van der Waals surface area (Å²) in [5.74, 6) is 3.40. The highest BCUT2D eigenvalue weighted by molar-refractivity contribution is 9.10. The summed E-state index contributed by atoms with van der Waals surface area (Å²) in [5, 5.41) is 0. The maximum absolute atomic E-state index is 5.98. The fourth-order valence-electron chi connectivity index (χ4n) is 3.26. The summed E-state index contributed by atoms with van der Waals surface area (Å²) in [6, 6.07) is 2.67. The number of aryl methyl sites for hydroxylation is 1. The second-order valence-corrected chi connectivity index (χ2v) is 7.29. The smallest absolute Gasteiger partial charge is 0.160 e. The topological polar surface area (TPSA) is 30.7 Å². The molecular weight excluding hydrogens is 338 g/mol. The maximum atomic E-state index is 5.98. The lowest BCUT2D eigenvalue weighted by Gasteiger charge is -2.20. The predicted octanol–water partition coefficient (Wildman–Crippen LogP) is 4.34. The Morgan fingerprint density at radius 3 is 2.60 bits per heavy atom. The lowest BCUT2D eigenvalue weighted by molar-refractivity contribution is 0.392. The molecule has 5 heteroatoms. The van der Waals surface area contributed by atoms with Crippen LogP contribution in [0.2, 0.25) is 0 Å². The van der Waals surface area contributed by atoms with Crippen molar-refractivity contribution in [1.82, 2.24) is 14.5 Å². The molecule has 0 radical (unpaired) electrons. The molecule has 0 saturated heterocycles. The molecule has 0 atom stereocenters. The molecule has 2 saturated carbocycles. The highest BCUT2D eigenvalue weighted by Gasteiger charge is 2.44. The number of pyridine rings is 1. The van der Waals surface area contributed by atoms with Gasteiger partial charge in [0, 0.05) is 29.0 Å². The van der Waals surface area contributed by atoms with E-state index in [1.54, 1.807) is 0 Å². The third kappa shape index (κ3) is 2.27. The monoisotopic (exact) mass is 353 g/mol. The van der Waals surface area contributed by atoms with Gasteiger partial charge < -0.3 is 4.57 Å². The van der Waals surface area contributed by atoms with E-state index in [9.17, 15) is 0 Å². The molecule has 2 aliphatic carbocycles. The van der Waals surface area contributed by atoms with E-state index in [0.717, 1.165) is 39.7 Å². The van der Waals surface area contributed by atoms with Crippen LogP contribution in [0.3, 0.4) is 0 Å². The van der Waals surface area contributed by atoms with Crippen molar-refractivity contribution in [2.24, 2.45) is 11.8 Å². The Morgan fingerprint density at radius 2 is 2.00 bits per heavy atom. The average Bonchev–Trinajstić information content (AvgIpc) is 3.31. The Kier molecular flexibility index (Phi) is 3.26. The van der Waals surface area contributed by atoms with Crippen LogP contribution < -0.4 is 0 Å². The van der Waals surface area contributed by atoms with Gasteiger partial charge in [-0.15, -0.1) is 11.6 Å². The molecule has 0 unspecified atom stereocenters. The average molecular weight is 355 g/mol. The van der Waals surface area contributed by atoms with Gasteiger partial charge in [0.05, 0.1) is 0 Å². The number of fused-ring (bicyclic) bond motifs is 1. The van der Waals surface area contributed by atoms with Gasteiger partial charge in [0.1, 0.15) is 11.3 Å². The molecule has 0 aliphatic heterocycles. The number of rotatable bonds is 5. The van der Waals surface area contributed by atoms with E-state index in [-0.39, 0.29) is 0 Å². The summed E-state index contributed by atoms with van der Waals surface area (Å²) in [4.78, 5) is 9.43. The first-order valence-electron chi connectivity index (χ1n) is 7.36. The zero-order valence-electron chi connectivity index (χ0n) is 11.2. The lowest BCUT2D eigenvalue weighted by atomic mass is 10.1. The van der Waals surface area contributed by atoms with Crippen molar-refractivity contribution >= 4 is 38.7 Å². The largest absolute Gasteiger partial charge is 0.309 e. The fourth-order valence-corrected chi connectivity index (χ4v) is 3.75. The lowest BCUT2D eigenvalue weighted by Crippen LogP contribution is -2.17. The van der Waals surface area contributed by atoms with Crippen LogP contribution in [0.25, 0.3) is 11.2 Å². The van der Waals surface area contributed by atoms with Crippen LogP contribution in [0.1, 0.15) is 37.5 Å². The fraction of sp³-hybridized carbons (Fsp3) is 0.600. The van der Waals surface area contributed by atoms with Gasteiger partial charge in [-0.05, 0) is 59.5 Å². The van der Waals surface area contributed by atoms with E-state index in [1.165, 1.54) is 25.7 Å². The molecule has 0 bridgehead atoms. The zero-order chi connectivity index (χ0) is 13.7.